The van der Waals surface area contributed by atoms with Gasteiger partial charge in [-0.2, -0.15) is 11.8 Å². The maximum Gasteiger partial charge on any atom is 0.224 e. The topological polar surface area (TPSA) is 64.3 Å². The summed E-state index contributed by atoms with van der Waals surface area (Å²) in [5.41, 5.74) is 6.04. The van der Waals surface area contributed by atoms with Gasteiger partial charge in [0.25, 0.3) is 0 Å². The van der Waals surface area contributed by atoms with Crippen molar-refractivity contribution in [2.24, 2.45) is 0 Å². The molecule has 4 nitrogen and oxygen atoms in total. The van der Waals surface area contributed by atoms with Crippen molar-refractivity contribution in [2.45, 2.75) is 30.9 Å². The summed E-state index contributed by atoms with van der Waals surface area (Å²) in [4.78, 5) is 11.8. The molecule has 6 heteroatoms. The van der Waals surface area contributed by atoms with Gasteiger partial charge in [-0.1, -0.05) is 0 Å². The molecule has 1 saturated heterocycles. The van der Waals surface area contributed by atoms with Crippen LogP contribution >= 0.6 is 11.8 Å². The lowest BCUT2D eigenvalue weighted by molar-refractivity contribution is -0.116. The second-order valence-electron chi connectivity index (χ2n) is 5.07. The smallest absolute Gasteiger partial charge is 0.224 e. The molecule has 3 N–H and O–H groups in total. The molecule has 1 heterocycles. The van der Waals surface area contributed by atoms with Gasteiger partial charge in [0.2, 0.25) is 5.91 Å². The van der Waals surface area contributed by atoms with Crippen molar-refractivity contribution >= 4 is 29.0 Å². The zero-order valence-corrected chi connectivity index (χ0v) is 12.8. The molecule has 21 heavy (non-hydrogen) atoms. The van der Waals surface area contributed by atoms with E-state index in [1.54, 1.807) is 0 Å². The van der Waals surface area contributed by atoms with Crippen LogP contribution in [0.1, 0.15) is 25.7 Å². The van der Waals surface area contributed by atoms with E-state index in [1.165, 1.54) is 18.2 Å². The van der Waals surface area contributed by atoms with Crippen LogP contribution in [0.3, 0.4) is 0 Å². The third-order valence-electron chi connectivity index (χ3n) is 3.35. The summed E-state index contributed by atoms with van der Waals surface area (Å²) in [6, 6.07) is 4.20. The lowest BCUT2D eigenvalue weighted by Gasteiger charge is -2.21. The summed E-state index contributed by atoms with van der Waals surface area (Å²) in [5, 5.41) is 3.40. The lowest BCUT2D eigenvalue weighted by atomic mass is 10.2. The monoisotopic (exact) mass is 312 g/mol. The molecule has 0 unspecified atom stereocenters. The van der Waals surface area contributed by atoms with Crippen molar-refractivity contribution in [2.75, 3.05) is 30.0 Å². The van der Waals surface area contributed by atoms with E-state index in [4.69, 9.17) is 10.5 Å². The summed E-state index contributed by atoms with van der Waals surface area (Å²) < 4.78 is 18.3. The SMILES string of the molecule is Nc1cc(NC(=O)CCCSC2CCOCC2)ccc1F. The predicted molar refractivity (Wildman–Crippen MR) is 85.0 cm³/mol. The van der Waals surface area contributed by atoms with E-state index in [-0.39, 0.29) is 11.6 Å². The second kappa shape index (κ2) is 8.24. The van der Waals surface area contributed by atoms with E-state index < -0.39 is 5.82 Å². The van der Waals surface area contributed by atoms with Gasteiger partial charge in [0, 0.05) is 30.6 Å². The Morgan fingerprint density at radius 1 is 1.43 bits per heavy atom. The predicted octanol–water partition coefficient (Wildman–Crippen LogP) is 3.04. The molecule has 0 radical (unpaired) electrons. The molecule has 1 fully saturated rings. The number of halogens is 1. The van der Waals surface area contributed by atoms with Crippen LogP contribution in [0.15, 0.2) is 18.2 Å². The van der Waals surface area contributed by atoms with Crippen molar-refractivity contribution in [3.63, 3.8) is 0 Å². The van der Waals surface area contributed by atoms with Crippen molar-refractivity contribution in [3.8, 4) is 0 Å². The van der Waals surface area contributed by atoms with E-state index in [9.17, 15) is 9.18 Å². The van der Waals surface area contributed by atoms with Gasteiger partial charge in [0.15, 0.2) is 0 Å². The maximum absolute atomic E-state index is 13.0. The Labute approximate surface area is 128 Å². The second-order valence-corrected chi connectivity index (χ2v) is 6.48. The fourth-order valence-electron chi connectivity index (χ4n) is 2.17. The minimum absolute atomic E-state index is 0.0443. The summed E-state index contributed by atoms with van der Waals surface area (Å²) in [6.07, 6.45) is 3.51. The number of thioether (sulfide) groups is 1. The first kappa shape index (κ1) is 16.1. The number of carbonyl (C=O) groups excluding carboxylic acids is 1. The highest BCUT2D eigenvalue weighted by atomic mass is 32.2. The van der Waals surface area contributed by atoms with Crippen LogP contribution in [0.5, 0.6) is 0 Å². The fourth-order valence-corrected chi connectivity index (χ4v) is 3.34. The highest BCUT2D eigenvalue weighted by molar-refractivity contribution is 7.99. The Kier molecular flexibility index (Phi) is 6.32. The first-order valence-electron chi connectivity index (χ1n) is 7.19. The molecule has 1 aliphatic rings. The van der Waals surface area contributed by atoms with Gasteiger partial charge in [-0.3, -0.25) is 4.79 Å². The molecule has 0 aromatic heterocycles. The van der Waals surface area contributed by atoms with E-state index >= 15 is 0 Å². The summed E-state index contributed by atoms with van der Waals surface area (Å²) >= 11 is 1.92. The van der Waals surface area contributed by atoms with Gasteiger partial charge >= 0.3 is 0 Å². The Bertz CT molecular complexity index is 479. The van der Waals surface area contributed by atoms with Gasteiger partial charge < -0.3 is 15.8 Å². The Morgan fingerprint density at radius 3 is 2.90 bits per heavy atom. The molecule has 1 aliphatic heterocycles. The molecule has 0 saturated carbocycles. The average molecular weight is 312 g/mol. The number of benzene rings is 1. The highest BCUT2D eigenvalue weighted by Gasteiger charge is 2.13. The molecule has 1 aromatic rings. The number of rotatable bonds is 6. The van der Waals surface area contributed by atoms with Crippen molar-refractivity contribution in [1.29, 1.82) is 0 Å². The zero-order valence-electron chi connectivity index (χ0n) is 11.9. The molecule has 0 atom stereocenters. The summed E-state index contributed by atoms with van der Waals surface area (Å²) in [5.74, 6) is 0.443. The number of amides is 1. The molecule has 0 aliphatic carbocycles. The first-order chi connectivity index (χ1) is 10.1. The van der Waals surface area contributed by atoms with Crippen LogP contribution < -0.4 is 11.1 Å². The molecule has 0 bridgehead atoms. The van der Waals surface area contributed by atoms with Gasteiger partial charge in [0.05, 0.1) is 5.69 Å². The fraction of sp³-hybridized carbons (Fsp3) is 0.533. The third-order valence-corrected chi connectivity index (χ3v) is 4.82. The van der Waals surface area contributed by atoms with E-state index in [1.807, 2.05) is 11.8 Å². The number of carbonyl (C=O) groups is 1. The van der Waals surface area contributed by atoms with E-state index in [0.29, 0.717) is 17.4 Å². The Hall–Kier alpha value is -1.27. The number of ether oxygens (including phenoxy) is 1. The van der Waals surface area contributed by atoms with Crippen molar-refractivity contribution in [1.82, 2.24) is 0 Å². The highest BCUT2D eigenvalue weighted by Crippen LogP contribution is 2.23. The van der Waals surface area contributed by atoms with Gasteiger partial charge in [-0.05, 0) is 43.2 Å². The number of nitrogens with two attached hydrogens (primary N) is 1. The first-order valence-corrected chi connectivity index (χ1v) is 8.24. The quantitative estimate of drug-likeness (QED) is 0.626. The largest absolute Gasteiger partial charge is 0.396 e. The number of nitrogen functional groups attached to an aromatic ring is 1. The standard InChI is InChI=1S/C15H21FN2O2S/c16-13-4-3-11(10-14(13)17)18-15(19)2-1-9-21-12-5-7-20-8-6-12/h3-4,10,12H,1-2,5-9,17H2,(H,18,19). The number of hydrogen-bond acceptors (Lipinski definition) is 4. The minimum atomic E-state index is -0.471. The minimum Gasteiger partial charge on any atom is -0.396 e. The number of nitrogens with one attached hydrogen (secondary N) is 1. The van der Waals surface area contributed by atoms with Crippen LogP contribution in [0.2, 0.25) is 0 Å². The van der Waals surface area contributed by atoms with Crippen LogP contribution in [0.25, 0.3) is 0 Å². The Balaban J connectivity index is 1.63. The molecule has 1 amide bonds. The van der Waals surface area contributed by atoms with Crippen LogP contribution in [0.4, 0.5) is 15.8 Å². The molecule has 1 aromatic carbocycles. The molecule has 2 rings (SSSR count). The summed E-state index contributed by atoms with van der Waals surface area (Å²) in [7, 11) is 0. The van der Waals surface area contributed by atoms with Gasteiger partial charge in [-0.25, -0.2) is 4.39 Å². The van der Waals surface area contributed by atoms with Gasteiger partial charge in [0.1, 0.15) is 5.82 Å². The summed E-state index contributed by atoms with van der Waals surface area (Å²) in [6.45, 7) is 1.70. The molecule has 0 spiro atoms. The Morgan fingerprint density at radius 2 is 2.19 bits per heavy atom. The number of hydrogen-bond donors (Lipinski definition) is 2. The third kappa shape index (κ3) is 5.55. The van der Waals surface area contributed by atoms with Crippen molar-refractivity contribution < 1.29 is 13.9 Å². The zero-order chi connectivity index (χ0) is 15.1. The maximum atomic E-state index is 13.0. The normalized spacial score (nSPS) is 15.9. The molecule has 116 valence electrons. The molecular weight excluding hydrogens is 291 g/mol. The van der Waals surface area contributed by atoms with Gasteiger partial charge in [-0.15, -0.1) is 0 Å². The van der Waals surface area contributed by atoms with Crippen LogP contribution in [-0.2, 0) is 9.53 Å². The van der Waals surface area contributed by atoms with Crippen molar-refractivity contribution in [3.05, 3.63) is 24.0 Å². The van der Waals surface area contributed by atoms with E-state index in [2.05, 4.69) is 5.32 Å². The van der Waals surface area contributed by atoms with Crippen LogP contribution in [0, 0.1) is 5.82 Å². The molecular formula is C15H21FN2O2S. The number of anilines is 2. The lowest BCUT2D eigenvalue weighted by Crippen LogP contribution is -2.18. The van der Waals surface area contributed by atoms with Crippen LogP contribution in [-0.4, -0.2) is 30.1 Å². The average Bonchev–Trinajstić information content (AvgIpc) is 2.49. The van der Waals surface area contributed by atoms with E-state index in [0.717, 1.165) is 38.2 Å².